The number of alkyl carbamates (subject to hydrolysis) is 1. The van der Waals surface area contributed by atoms with E-state index in [0.717, 1.165) is 18.7 Å². The number of imidazole rings is 1. The molecule has 3 fully saturated rings. The fraction of sp³-hybridized carbons (Fsp3) is 0.480. The van der Waals surface area contributed by atoms with E-state index < -0.39 is 42.3 Å². The number of carbonyl (C=O) groups is 4. The van der Waals surface area contributed by atoms with Gasteiger partial charge in [-0.3, -0.25) is 19.7 Å². The number of halogens is 2. The number of piperidine rings is 1. The molecule has 1 saturated heterocycles. The van der Waals surface area contributed by atoms with Crippen molar-refractivity contribution >= 4 is 35.4 Å². The quantitative estimate of drug-likeness (QED) is 0.555. The molecule has 37 heavy (non-hydrogen) atoms. The number of rotatable bonds is 6. The summed E-state index contributed by atoms with van der Waals surface area (Å²) < 4.78 is 22.8. The van der Waals surface area contributed by atoms with Gasteiger partial charge in [-0.25, -0.2) is 14.2 Å². The van der Waals surface area contributed by atoms with Gasteiger partial charge in [-0.1, -0.05) is 11.6 Å². The van der Waals surface area contributed by atoms with Crippen LogP contribution in [-0.2, 0) is 27.5 Å². The van der Waals surface area contributed by atoms with Gasteiger partial charge in [0.2, 0.25) is 11.8 Å². The summed E-state index contributed by atoms with van der Waals surface area (Å²) in [6, 6.07) is 0.688. The largest absolute Gasteiger partial charge is 0.445 e. The Kier molecular flexibility index (Phi) is 5.89. The van der Waals surface area contributed by atoms with Crippen molar-refractivity contribution < 1.29 is 28.3 Å². The maximum absolute atomic E-state index is 15.3. The fourth-order valence-corrected chi connectivity index (χ4v) is 5.68. The molecular weight excluding hydrogens is 505 g/mol. The number of amides is 4. The number of imide groups is 1. The van der Waals surface area contributed by atoms with Gasteiger partial charge in [0, 0.05) is 59.5 Å². The molecule has 1 aromatic carbocycles. The second-order valence-electron chi connectivity index (χ2n) is 10.1. The Bertz CT molecular complexity index is 1320. The summed E-state index contributed by atoms with van der Waals surface area (Å²) >= 11 is 6.35. The van der Waals surface area contributed by atoms with Crippen LogP contribution in [0.1, 0.15) is 77.8 Å². The number of nitrogens with zero attached hydrogens (tertiary/aromatic N) is 3. The average molecular weight is 530 g/mol. The first kappa shape index (κ1) is 23.9. The van der Waals surface area contributed by atoms with Crippen molar-refractivity contribution in [3.05, 3.63) is 51.8 Å². The Balaban J connectivity index is 1.06. The lowest BCUT2D eigenvalue weighted by molar-refractivity contribution is -0.136. The highest BCUT2D eigenvalue weighted by atomic mass is 35.5. The summed E-state index contributed by atoms with van der Waals surface area (Å²) in [5.41, 5.74) is 0.00818. The third-order valence-electron chi connectivity index (χ3n) is 7.61. The Hall–Kier alpha value is -3.47. The molecule has 194 valence electrons. The van der Waals surface area contributed by atoms with E-state index in [0.29, 0.717) is 5.92 Å². The molecule has 3 heterocycles. The van der Waals surface area contributed by atoms with Crippen LogP contribution in [0.2, 0.25) is 5.02 Å². The number of ether oxygens (including phenoxy) is 1. The Morgan fingerprint density at radius 3 is 2.76 bits per heavy atom. The summed E-state index contributed by atoms with van der Waals surface area (Å²) in [7, 11) is 0. The summed E-state index contributed by atoms with van der Waals surface area (Å²) in [5, 5.41) is 5.15. The minimum absolute atomic E-state index is 0.0312. The molecular formula is C25H25ClFN5O5. The van der Waals surface area contributed by atoms with E-state index in [2.05, 4.69) is 20.2 Å². The van der Waals surface area contributed by atoms with Crippen LogP contribution < -0.4 is 10.6 Å². The smallest absolute Gasteiger partial charge is 0.407 e. The predicted molar refractivity (Wildman–Crippen MR) is 127 cm³/mol. The van der Waals surface area contributed by atoms with Crippen LogP contribution in [0.4, 0.5) is 9.18 Å². The molecule has 1 atom stereocenters. The minimum atomic E-state index is -0.882. The lowest BCUT2D eigenvalue weighted by atomic mass is 9.86. The SMILES string of the molecule is O=C1CCC(N2Cc3c(Cl)cc(COC(=O)NC4CC(n5ccnc5C5CC5)C4)c(F)c3C2=O)C(=O)N1. The van der Waals surface area contributed by atoms with Gasteiger partial charge in [-0.05, 0) is 38.2 Å². The normalized spacial score (nSPS) is 25.0. The van der Waals surface area contributed by atoms with Gasteiger partial charge in [0.05, 0.1) is 5.56 Å². The maximum atomic E-state index is 15.3. The van der Waals surface area contributed by atoms with Crippen LogP contribution in [0.5, 0.6) is 0 Å². The zero-order chi connectivity index (χ0) is 25.8. The van der Waals surface area contributed by atoms with Gasteiger partial charge >= 0.3 is 6.09 Å². The molecule has 2 N–H and O–H groups in total. The molecule has 2 saturated carbocycles. The number of fused-ring (bicyclic) bond motifs is 1. The van der Waals surface area contributed by atoms with Crippen molar-refractivity contribution in [3.63, 3.8) is 0 Å². The molecule has 0 bridgehead atoms. The van der Waals surface area contributed by atoms with Crippen LogP contribution >= 0.6 is 11.6 Å². The zero-order valence-corrected chi connectivity index (χ0v) is 20.6. The van der Waals surface area contributed by atoms with Gasteiger partial charge in [0.15, 0.2) is 0 Å². The molecule has 1 unspecified atom stereocenters. The fourth-order valence-electron chi connectivity index (χ4n) is 5.39. The third-order valence-corrected chi connectivity index (χ3v) is 7.95. The number of aromatic nitrogens is 2. The van der Waals surface area contributed by atoms with E-state index in [1.807, 2.05) is 12.4 Å². The Labute approximate surface area is 216 Å². The highest BCUT2D eigenvalue weighted by molar-refractivity contribution is 6.32. The number of hydrogen-bond donors (Lipinski definition) is 2. The van der Waals surface area contributed by atoms with Crippen LogP contribution in [0, 0.1) is 5.82 Å². The van der Waals surface area contributed by atoms with Crippen molar-refractivity contribution in [3.8, 4) is 0 Å². The molecule has 0 radical (unpaired) electrons. The lowest BCUT2D eigenvalue weighted by Gasteiger charge is -2.37. The first-order chi connectivity index (χ1) is 17.8. The monoisotopic (exact) mass is 529 g/mol. The molecule has 12 heteroatoms. The first-order valence-corrected chi connectivity index (χ1v) is 12.8. The Morgan fingerprint density at radius 2 is 2.03 bits per heavy atom. The Morgan fingerprint density at radius 1 is 1.24 bits per heavy atom. The van der Waals surface area contributed by atoms with Crippen molar-refractivity contribution in [2.45, 2.75) is 75.7 Å². The summed E-state index contributed by atoms with van der Waals surface area (Å²) in [6.45, 7) is -0.445. The predicted octanol–water partition coefficient (Wildman–Crippen LogP) is 2.94. The molecule has 2 aliphatic heterocycles. The van der Waals surface area contributed by atoms with E-state index in [1.54, 1.807) is 0 Å². The average Bonchev–Trinajstić information content (AvgIpc) is 3.46. The summed E-state index contributed by atoms with van der Waals surface area (Å²) in [4.78, 5) is 54.7. The number of carbonyl (C=O) groups excluding carboxylic acids is 4. The number of hydrogen-bond acceptors (Lipinski definition) is 6. The van der Waals surface area contributed by atoms with Crippen molar-refractivity contribution in [1.29, 1.82) is 0 Å². The zero-order valence-electron chi connectivity index (χ0n) is 19.8. The van der Waals surface area contributed by atoms with Crippen molar-refractivity contribution in [2.75, 3.05) is 0 Å². The van der Waals surface area contributed by atoms with Crippen LogP contribution in [0.3, 0.4) is 0 Å². The molecule has 10 nitrogen and oxygen atoms in total. The molecule has 4 amide bonds. The van der Waals surface area contributed by atoms with Crippen molar-refractivity contribution in [2.24, 2.45) is 0 Å². The van der Waals surface area contributed by atoms with Gasteiger partial charge in [-0.2, -0.15) is 0 Å². The lowest BCUT2D eigenvalue weighted by Crippen LogP contribution is -2.52. The molecule has 0 spiro atoms. The van der Waals surface area contributed by atoms with Gasteiger partial charge in [0.1, 0.15) is 24.3 Å². The topological polar surface area (TPSA) is 123 Å². The van der Waals surface area contributed by atoms with Gasteiger partial charge < -0.3 is 19.5 Å². The second-order valence-corrected chi connectivity index (χ2v) is 10.5. The van der Waals surface area contributed by atoms with Crippen molar-refractivity contribution in [1.82, 2.24) is 25.1 Å². The molecule has 1 aromatic heterocycles. The van der Waals surface area contributed by atoms with E-state index in [1.165, 1.54) is 23.8 Å². The highest BCUT2D eigenvalue weighted by Gasteiger charge is 2.42. The van der Waals surface area contributed by atoms with E-state index >= 15 is 4.39 Å². The first-order valence-electron chi connectivity index (χ1n) is 12.4. The van der Waals surface area contributed by atoms with E-state index in [9.17, 15) is 19.2 Å². The second kappa shape index (κ2) is 9.13. The van der Waals surface area contributed by atoms with Gasteiger partial charge in [0.25, 0.3) is 5.91 Å². The number of nitrogens with one attached hydrogen (secondary N) is 2. The van der Waals surface area contributed by atoms with Crippen LogP contribution in [-0.4, -0.2) is 50.3 Å². The minimum Gasteiger partial charge on any atom is -0.445 e. The van der Waals surface area contributed by atoms with Gasteiger partial charge in [-0.15, -0.1) is 0 Å². The third kappa shape index (κ3) is 4.35. The summed E-state index contributed by atoms with van der Waals surface area (Å²) in [5.74, 6) is -0.854. The molecule has 2 aromatic rings. The van der Waals surface area contributed by atoms with E-state index in [-0.39, 0.29) is 53.2 Å². The standard InChI is InChI=1S/C25H25ClFN5O5/c26-17-7-13(21(27)20-16(17)10-32(24(20)35)18-3-4-19(33)30-23(18)34)11-37-25(36)29-14-8-15(9-14)31-6-5-28-22(31)12-1-2-12/h5-7,12,14-15,18H,1-4,8-11H2,(H,29,36)(H,30,33,34). The highest BCUT2D eigenvalue weighted by Crippen LogP contribution is 2.43. The molecule has 2 aliphatic carbocycles. The van der Waals surface area contributed by atoms with E-state index in [4.69, 9.17) is 16.3 Å². The van der Waals surface area contributed by atoms with Crippen LogP contribution in [0.25, 0.3) is 0 Å². The summed E-state index contributed by atoms with van der Waals surface area (Å²) in [6.07, 6.45) is 7.22. The molecule has 4 aliphatic rings. The maximum Gasteiger partial charge on any atom is 0.407 e. The number of benzene rings is 1. The van der Waals surface area contributed by atoms with Crippen LogP contribution in [0.15, 0.2) is 18.5 Å². The molecule has 6 rings (SSSR count).